The smallest absolute Gasteiger partial charge is 0.00438 e. The van der Waals surface area contributed by atoms with E-state index >= 15 is 0 Å². The van der Waals surface area contributed by atoms with Gasteiger partial charge in [-0.15, -0.1) is 0 Å². The molecule has 1 radical (unpaired) electrons. The zero-order valence-electron chi connectivity index (χ0n) is 7.76. The summed E-state index contributed by atoms with van der Waals surface area (Å²) in [5.41, 5.74) is 5.64. The summed E-state index contributed by atoms with van der Waals surface area (Å²) in [6.07, 6.45) is 5.45. The number of nitrogens with two attached hydrogens (primary N) is 1. The maximum absolute atomic E-state index is 5.64. The second kappa shape index (κ2) is 3.75. The van der Waals surface area contributed by atoms with E-state index in [9.17, 15) is 0 Å². The van der Waals surface area contributed by atoms with Crippen molar-refractivity contribution >= 4 is 0 Å². The van der Waals surface area contributed by atoms with Crippen molar-refractivity contribution in [2.45, 2.75) is 25.7 Å². The van der Waals surface area contributed by atoms with E-state index in [0.29, 0.717) is 0 Å². The van der Waals surface area contributed by atoms with Gasteiger partial charge in [0.05, 0.1) is 0 Å². The Morgan fingerprint density at radius 2 is 1.92 bits per heavy atom. The molecule has 2 nitrogen and oxygen atoms in total. The van der Waals surface area contributed by atoms with Gasteiger partial charge in [0, 0.05) is 6.54 Å². The molecule has 1 saturated heterocycles. The van der Waals surface area contributed by atoms with Crippen molar-refractivity contribution in [3.8, 4) is 0 Å². The van der Waals surface area contributed by atoms with Crippen LogP contribution in [0.15, 0.2) is 0 Å². The minimum atomic E-state index is 0.811. The fraction of sp³-hybridized carbons (Fsp3) is 0.900. The Kier molecular flexibility index (Phi) is 2.66. The number of hydrogen-bond acceptors (Lipinski definition) is 2. The Hall–Kier alpha value is -0.0800. The van der Waals surface area contributed by atoms with Gasteiger partial charge in [0.1, 0.15) is 0 Å². The molecule has 0 aromatic heterocycles. The lowest BCUT2D eigenvalue weighted by molar-refractivity contribution is 0.198. The molecule has 2 fully saturated rings. The molecule has 0 amide bonds. The molecule has 1 heterocycles. The van der Waals surface area contributed by atoms with Crippen LogP contribution in [-0.4, -0.2) is 31.1 Å². The molecule has 1 saturated carbocycles. The lowest BCUT2D eigenvalue weighted by Crippen LogP contribution is -2.36. The molecule has 2 rings (SSSR count). The van der Waals surface area contributed by atoms with Crippen LogP contribution in [0.3, 0.4) is 0 Å². The summed E-state index contributed by atoms with van der Waals surface area (Å²) in [5.74, 6) is 2.58. The SMILES string of the molecule is NCC1CCN(C[C]2CC2)CC1. The van der Waals surface area contributed by atoms with Crippen molar-refractivity contribution in [2.75, 3.05) is 26.2 Å². The Morgan fingerprint density at radius 3 is 2.42 bits per heavy atom. The van der Waals surface area contributed by atoms with Crippen LogP contribution in [-0.2, 0) is 0 Å². The van der Waals surface area contributed by atoms with Crippen LogP contribution < -0.4 is 5.73 Å². The number of nitrogens with zero attached hydrogens (tertiary/aromatic N) is 1. The second-order valence-electron chi connectivity index (χ2n) is 4.21. The van der Waals surface area contributed by atoms with E-state index in [1.807, 2.05) is 0 Å². The predicted molar refractivity (Wildman–Crippen MR) is 50.7 cm³/mol. The fourth-order valence-electron chi connectivity index (χ4n) is 1.94. The van der Waals surface area contributed by atoms with Gasteiger partial charge in [0.2, 0.25) is 0 Å². The first-order valence-electron chi connectivity index (χ1n) is 5.14. The minimum Gasteiger partial charge on any atom is -0.330 e. The average molecular weight is 167 g/mol. The fourth-order valence-corrected chi connectivity index (χ4v) is 1.94. The van der Waals surface area contributed by atoms with Gasteiger partial charge < -0.3 is 10.6 Å². The van der Waals surface area contributed by atoms with Crippen LogP contribution in [0.2, 0.25) is 0 Å². The molecule has 0 atom stereocenters. The van der Waals surface area contributed by atoms with E-state index in [4.69, 9.17) is 5.73 Å². The zero-order chi connectivity index (χ0) is 8.39. The highest BCUT2D eigenvalue weighted by molar-refractivity contribution is 5.07. The van der Waals surface area contributed by atoms with Gasteiger partial charge in [-0.05, 0) is 57.2 Å². The van der Waals surface area contributed by atoms with Crippen LogP contribution in [0, 0.1) is 11.8 Å². The number of hydrogen-bond donors (Lipinski definition) is 1. The highest BCUT2D eigenvalue weighted by Crippen LogP contribution is 2.33. The molecule has 69 valence electrons. The standard InChI is InChI=1S/C10H19N2/c11-7-9-3-5-12(6-4-9)8-10-1-2-10/h9H,1-8,11H2. The molecule has 0 bridgehead atoms. The van der Waals surface area contributed by atoms with Gasteiger partial charge in [-0.1, -0.05) is 0 Å². The van der Waals surface area contributed by atoms with Crippen molar-refractivity contribution in [3.63, 3.8) is 0 Å². The van der Waals surface area contributed by atoms with E-state index in [-0.39, 0.29) is 0 Å². The highest BCUT2D eigenvalue weighted by atomic mass is 15.1. The Bertz CT molecular complexity index is 135. The van der Waals surface area contributed by atoms with Crippen LogP contribution in [0.5, 0.6) is 0 Å². The quantitative estimate of drug-likeness (QED) is 0.680. The Morgan fingerprint density at radius 1 is 1.25 bits per heavy atom. The van der Waals surface area contributed by atoms with Crippen molar-refractivity contribution in [2.24, 2.45) is 11.7 Å². The molecule has 2 aliphatic rings. The third-order valence-corrected chi connectivity index (χ3v) is 3.09. The molecule has 0 aromatic rings. The predicted octanol–water partition coefficient (Wildman–Crippen LogP) is 1.03. The van der Waals surface area contributed by atoms with Crippen molar-refractivity contribution < 1.29 is 0 Å². The van der Waals surface area contributed by atoms with Crippen molar-refractivity contribution in [1.82, 2.24) is 4.90 Å². The molecule has 0 spiro atoms. The monoisotopic (exact) mass is 167 g/mol. The third kappa shape index (κ3) is 2.20. The molecule has 0 aromatic carbocycles. The molecular formula is C10H19N2. The summed E-state index contributed by atoms with van der Waals surface area (Å²) in [5, 5.41) is 0. The van der Waals surface area contributed by atoms with Crippen molar-refractivity contribution in [1.29, 1.82) is 0 Å². The zero-order valence-corrected chi connectivity index (χ0v) is 7.76. The van der Waals surface area contributed by atoms with Gasteiger partial charge in [0.25, 0.3) is 0 Å². The lowest BCUT2D eigenvalue weighted by Gasteiger charge is -2.31. The van der Waals surface area contributed by atoms with E-state index in [0.717, 1.165) is 12.5 Å². The van der Waals surface area contributed by atoms with Gasteiger partial charge >= 0.3 is 0 Å². The van der Waals surface area contributed by atoms with Crippen LogP contribution in [0.25, 0.3) is 0 Å². The van der Waals surface area contributed by atoms with Crippen LogP contribution in [0.1, 0.15) is 25.7 Å². The first-order chi connectivity index (χ1) is 5.88. The van der Waals surface area contributed by atoms with Gasteiger partial charge in [-0.3, -0.25) is 0 Å². The molecule has 1 aliphatic carbocycles. The topological polar surface area (TPSA) is 29.3 Å². The number of rotatable bonds is 3. The Balaban J connectivity index is 1.66. The summed E-state index contributed by atoms with van der Waals surface area (Å²) >= 11 is 0. The average Bonchev–Trinajstić information content (AvgIpc) is 2.90. The van der Waals surface area contributed by atoms with Crippen molar-refractivity contribution in [3.05, 3.63) is 5.92 Å². The van der Waals surface area contributed by atoms with Gasteiger partial charge in [-0.25, -0.2) is 0 Å². The van der Waals surface area contributed by atoms with Gasteiger partial charge in [-0.2, -0.15) is 0 Å². The van der Waals surface area contributed by atoms with Crippen LogP contribution in [0.4, 0.5) is 0 Å². The first kappa shape index (κ1) is 8.52. The molecule has 2 N–H and O–H groups in total. The summed E-state index contributed by atoms with van der Waals surface area (Å²) in [6, 6.07) is 0. The molecular weight excluding hydrogens is 148 g/mol. The molecule has 12 heavy (non-hydrogen) atoms. The van der Waals surface area contributed by atoms with E-state index < -0.39 is 0 Å². The molecule has 0 unspecified atom stereocenters. The Labute approximate surface area is 75.1 Å². The van der Waals surface area contributed by atoms with E-state index in [1.165, 1.54) is 45.3 Å². The molecule has 1 aliphatic heterocycles. The summed E-state index contributed by atoms with van der Waals surface area (Å²) < 4.78 is 0. The first-order valence-corrected chi connectivity index (χ1v) is 5.14. The largest absolute Gasteiger partial charge is 0.330 e. The normalized spacial score (nSPS) is 27.8. The summed E-state index contributed by atoms with van der Waals surface area (Å²) in [4.78, 5) is 2.59. The summed E-state index contributed by atoms with van der Waals surface area (Å²) in [6.45, 7) is 4.75. The summed E-state index contributed by atoms with van der Waals surface area (Å²) in [7, 11) is 0. The highest BCUT2D eigenvalue weighted by Gasteiger charge is 2.26. The van der Waals surface area contributed by atoms with Crippen LogP contribution >= 0.6 is 0 Å². The lowest BCUT2D eigenvalue weighted by atomic mass is 9.97. The minimum absolute atomic E-state index is 0.811. The number of likely N-dealkylation sites (tertiary alicyclic amines) is 1. The van der Waals surface area contributed by atoms with Gasteiger partial charge in [0.15, 0.2) is 0 Å². The number of piperidine rings is 1. The third-order valence-electron chi connectivity index (χ3n) is 3.09. The van der Waals surface area contributed by atoms with E-state index in [1.54, 1.807) is 5.92 Å². The van der Waals surface area contributed by atoms with E-state index in [2.05, 4.69) is 4.90 Å². The maximum atomic E-state index is 5.64. The maximum Gasteiger partial charge on any atom is 0.00438 e. The second-order valence-corrected chi connectivity index (χ2v) is 4.21. The molecule has 2 heteroatoms.